The van der Waals surface area contributed by atoms with Gasteiger partial charge in [0, 0.05) is 35.3 Å². The number of aromatic nitrogens is 1. The number of halogens is 1. The molecule has 2 aliphatic rings. The van der Waals surface area contributed by atoms with Crippen LogP contribution in [0, 0.1) is 19.8 Å². The van der Waals surface area contributed by atoms with Crippen molar-refractivity contribution in [2.24, 2.45) is 0 Å². The number of terminal acetylenes is 1. The molecule has 4 heteroatoms. The zero-order valence-corrected chi connectivity index (χ0v) is 21.1. The van der Waals surface area contributed by atoms with Gasteiger partial charge < -0.3 is 5.32 Å². The molecular weight excluding hydrogens is 444 g/mol. The van der Waals surface area contributed by atoms with E-state index in [2.05, 4.69) is 54.7 Å². The molecule has 2 nitrogen and oxygen atoms in total. The van der Waals surface area contributed by atoms with Gasteiger partial charge in [0.15, 0.2) is 0 Å². The first-order valence-corrected chi connectivity index (χ1v) is 13.2. The van der Waals surface area contributed by atoms with E-state index in [-0.39, 0.29) is 0 Å². The number of benzene rings is 2. The van der Waals surface area contributed by atoms with Crippen LogP contribution >= 0.6 is 22.9 Å². The maximum atomic E-state index is 6.42. The lowest BCUT2D eigenvalue weighted by molar-refractivity contribution is 0.403. The molecule has 2 aliphatic carbocycles. The van der Waals surface area contributed by atoms with Gasteiger partial charge >= 0.3 is 0 Å². The summed E-state index contributed by atoms with van der Waals surface area (Å²) in [5.74, 6) is 0. The smallest absolute Gasteiger partial charge is 0.0973 e. The van der Waals surface area contributed by atoms with Crippen LogP contribution in [0.2, 0.25) is 5.02 Å². The molecule has 1 heterocycles. The molecule has 5 rings (SSSR count). The van der Waals surface area contributed by atoms with E-state index in [1.54, 1.807) is 28.0 Å². The third-order valence-corrected chi connectivity index (χ3v) is 8.57. The first-order valence-electron chi connectivity index (χ1n) is 12.0. The van der Waals surface area contributed by atoms with E-state index < -0.39 is 0 Å². The number of thiazole rings is 1. The Morgan fingerprint density at radius 1 is 1.06 bits per heavy atom. The molecule has 0 atom stereocenters. The van der Waals surface area contributed by atoms with Crippen LogP contribution in [0.5, 0.6) is 0 Å². The molecule has 1 aromatic heterocycles. The first kappa shape index (κ1) is 24.0. The number of nitrogens with one attached hydrogen (secondary N) is 1. The zero-order valence-electron chi connectivity index (χ0n) is 19.5. The van der Waals surface area contributed by atoms with Crippen LogP contribution in [0.4, 0.5) is 0 Å². The predicted molar refractivity (Wildman–Crippen MR) is 141 cm³/mol. The summed E-state index contributed by atoms with van der Waals surface area (Å²) >= 11 is 8.16. The second-order valence-electron chi connectivity index (χ2n) is 9.37. The van der Waals surface area contributed by atoms with Gasteiger partial charge in [0.25, 0.3) is 0 Å². The molecule has 0 spiro atoms. The fraction of sp³-hybridized carbons (Fsp3) is 0.414. The zero-order chi connectivity index (χ0) is 23.3. The van der Waals surface area contributed by atoms with E-state index >= 15 is 0 Å². The number of nitrogens with zero attached hydrogens (tertiary/aromatic N) is 1. The Labute approximate surface area is 207 Å². The van der Waals surface area contributed by atoms with Gasteiger partial charge in [-0.1, -0.05) is 54.8 Å². The average Bonchev–Trinajstić information content (AvgIpc) is 3.59. The fourth-order valence-electron chi connectivity index (χ4n) is 5.50. The van der Waals surface area contributed by atoms with Gasteiger partial charge in [-0.3, -0.25) is 0 Å². The van der Waals surface area contributed by atoms with E-state index in [4.69, 9.17) is 16.6 Å². The Balaban J connectivity index is 0.00000126. The maximum absolute atomic E-state index is 6.42. The van der Waals surface area contributed by atoms with E-state index in [9.17, 15) is 0 Å². The van der Waals surface area contributed by atoms with Crippen LogP contribution in [0.15, 0.2) is 41.8 Å². The third-order valence-electron chi connectivity index (χ3n) is 7.32. The molecule has 0 aliphatic heterocycles. The summed E-state index contributed by atoms with van der Waals surface area (Å²) in [7, 11) is 0. The van der Waals surface area contributed by atoms with Gasteiger partial charge in [-0.15, -0.1) is 24.2 Å². The van der Waals surface area contributed by atoms with Crippen molar-refractivity contribution in [2.75, 3.05) is 6.54 Å². The molecule has 2 aromatic carbocycles. The summed E-state index contributed by atoms with van der Waals surface area (Å²) in [5, 5.41) is 7.95. The van der Waals surface area contributed by atoms with Crippen LogP contribution in [-0.4, -0.2) is 11.5 Å². The SMILES string of the molecule is C#C.Cc1cccc(Cl)c1Cc1nc(CNCC2(c3ccc4c(c3)CCC4)CCCC2)cs1. The molecule has 0 saturated heterocycles. The number of fused-ring (bicyclic) bond motifs is 1. The van der Waals surface area contributed by atoms with Crippen molar-refractivity contribution in [1.82, 2.24) is 10.3 Å². The molecule has 1 N–H and O–H groups in total. The number of hydrogen-bond acceptors (Lipinski definition) is 3. The van der Waals surface area contributed by atoms with Crippen LogP contribution in [-0.2, 0) is 31.2 Å². The molecule has 0 radical (unpaired) electrons. The van der Waals surface area contributed by atoms with Gasteiger partial charge in [-0.25, -0.2) is 4.98 Å². The minimum atomic E-state index is 0.297. The Hall–Kier alpha value is -2.12. The summed E-state index contributed by atoms with van der Waals surface area (Å²) in [6.45, 7) is 4.00. The fourth-order valence-corrected chi connectivity index (χ4v) is 6.60. The van der Waals surface area contributed by atoms with Crippen LogP contribution in [0.3, 0.4) is 0 Å². The molecule has 1 saturated carbocycles. The maximum Gasteiger partial charge on any atom is 0.0973 e. The minimum absolute atomic E-state index is 0.297. The molecule has 172 valence electrons. The lowest BCUT2D eigenvalue weighted by atomic mass is 9.78. The van der Waals surface area contributed by atoms with Gasteiger partial charge in [-0.2, -0.15) is 0 Å². The molecule has 0 bridgehead atoms. The molecular formula is C29H33ClN2S. The van der Waals surface area contributed by atoms with Crippen molar-refractivity contribution < 1.29 is 0 Å². The van der Waals surface area contributed by atoms with E-state index in [1.807, 2.05) is 12.1 Å². The van der Waals surface area contributed by atoms with Gasteiger partial charge in [0.05, 0.1) is 10.7 Å². The number of hydrogen-bond donors (Lipinski definition) is 1. The monoisotopic (exact) mass is 476 g/mol. The lowest BCUT2D eigenvalue weighted by Gasteiger charge is -2.30. The van der Waals surface area contributed by atoms with E-state index in [1.165, 1.54) is 56.1 Å². The molecule has 33 heavy (non-hydrogen) atoms. The summed E-state index contributed by atoms with van der Waals surface area (Å²) in [6.07, 6.45) is 18.0. The van der Waals surface area contributed by atoms with E-state index in [0.29, 0.717) is 5.41 Å². The quantitative estimate of drug-likeness (QED) is 0.370. The minimum Gasteiger partial charge on any atom is -0.310 e. The van der Waals surface area contributed by atoms with Crippen molar-refractivity contribution in [3.8, 4) is 12.8 Å². The van der Waals surface area contributed by atoms with Gasteiger partial charge in [0.2, 0.25) is 0 Å². The second kappa shape index (κ2) is 10.9. The highest BCUT2D eigenvalue weighted by Gasteiger charge is 2.35. The van der Waals surface area contributed by atoms with Gasteiger partial charge in [-0.05, 0) is 72.9 Å². The Kier molecular flexibility index (Phi) is 7.91. The molecule has 1 fully saturated rings. The topological polar surface area (TPSA) is 24.9 Å². The number of aryl methyl sites for hydroxylation is 3. The predicted octanol–water partition coefficient (Wildman–Crippen LogP) is 7.04. The summed E-state index contributed by atoms with van der Waals surface area (Å²) in [5.41, 5.74) is 8.61. The van der Waals surface area contributed by atoms with Crippen molar-refractivity contribution in [2.45, 2.75) is 70.3 Å². The van der Waals surface area contributed by atoms with Crippen LogP contribution in [0.25, 0.3) is 0 Å². The molecule has 3 aromatic rings. The van der Waals surface area contributed by atoms with Crippen molar-refractivity contribution in [3.05, 3.63) is 85.3 Å². The third kappa shape index (κ3) is 5.35. The summed E-state index contributed by atoms with van der Waals surface area (Å²) in [4.78, 5) is 4.89. The van der Waals surface area contributed by atoms with Crippen molar-refractivity contribution in [1.29, 1.82) is 0 Å². The van der Waals surface area contributed by atoms with Gasteiger partial charge in [0.1, 0.15) is 0 Å². The van der Waals surface area contributed by atoms with Crippen LogP contribution < -0.4 is 5.32 Å². The second-order valence-corrected chi connectivity index (χ2v) is 10.7. The molecule has 0 unspecified atom stereocenters. The van der Waals surface area contributed by atoms with Crippen molar-refractivity contribution >= 4 is 22.9 Å². The van der Waals surface area contributed by atoms with E-state index in [0.717, 1.165) is 35.2 Å². The summed E-state index contributed by atoms with van der Waals surface area (Å²) in [6, 6.07) is 13.5. The summed E-state index contributed by atoms with van der Waals surface area (Å²) < 4.78 is 0. The van der Waals surface area contributed by atoms with Crippen LogP contribution in [0.1, 0.15) is 70.6 Å². The Bertz CT molecular complexity index is 1090. The average molecular weight is 477 g/mol. The highest BCUT2D eigenvalue weighted by Crippen LogP contribution is 2.42. The Morgan fingerprint density at radius 3 is 2.64 bits per heavy atom. The number of rotatable bonds is 7. The Morgan fingerprint density at radius 2 is 1.85 bits per heavy atom. The largest absolute Gasteiger partial charge is 0.310 e. The normalized spacial score (nSPS) is 16.2. The first-order chi connectivity index (χ1) is 16.1. The van der Waals surface area contributed by atoms with Crippen molar-refractivity contribution in [3.63, 3.8) is 0 Å². The standard InChI is InChI=1S/C27H31ClN2S.C2H2/c1-19-6-4-9-25(28)24(19)15-26-30-23(17-31-26)16-29-18-27(12-2-3-13-27)22-11-10-20-7-5-8-21(20)14-22;1-2/h4,6,9-11,14,17,29H,2-3,5,7-8,12-13,15-16,18H2,1H3;1-2H. The highest BCUT2D eigenvalue weighted by molar-refractivity contribution is 7.09. The lowest BCUT2D eigenvalue weighted by Crippen LogP contribution is -2.35. The molecule has 0 amide bonds. The highest BCUT2D eigenvalue weighted by atomic mass is 35.5.